The van der Waals surface area contributed by atoms with Gasteiger partial charge in [-0.25, -0.2) is 8.78 Å². The molecule has 1 aliphatic heterocycles. The van der Waals surface area contributed by atoms with Crippen LogP contribution in [-0.2, 0) is 0 Å². The van der Waals surface area contributed by atoms with Crippen LogP contribution in [-0.4, -0.2) is 31.0 Å². The molecule has 2 atom stereocenters. The van der Waals surface area contributed by atoms with Gasteiger partial charge in [-0.1, -0.05) is 0 Å². The Morgan fingerprint density at radius 2 is 2.09 bits per heavy atom. The minimum atomic E-state index is -2.37. The highest BCUT2D eigenvalue weighted by atomic mass is 19.3. The summed E-state index contributed by atoms with van der Waals surface area (Å²) in [5.41, 5.74) is 0. The van der Waals surface area contributed by atoms with Crippen LogP contribution in [0, 0.1) is 11.8 Å². The molecule has 1 saturated heterocycles. The van der Waals surface area contributed by atoms with Gasteiger partial charge in [0.15, 0.2) is 0 Å². The first kappa shape index (κ1) is 7.47. The highest BCUT2D eigenvalue weighted by Gasteiger charge is 2.52. The van der Waals surface area contributed by atoms with Crippen LogP contribution in [0.3, 0.4) is 0 Å². The smallest absolute Gasteiger partial charge is 0.252 e. The van der Waals surface area contributed by atoms with Gasteiger partial charge in [0.2, 0.25) is 0 Å². The molecule has 3 heteroatoms. The number of hydrogen-bond acceptors (Lipinski definition) is 1. The standard InChI is InChI=1S/C8H13F2N/c1-11-4-6-2-3-8(9,10)7(6)5-11/h6-7H,2-5H2,1H3. The number of halogens is 2. The third kappa shape index (κ3) is 1.06. The van der Waals surface area contributed by atoms with Crippen molar-refractivity contribution in [3.05, 3.63) is 0 Å². The average molecular weight is 161 g/mol. The molecule has 0 radical (unpaired) electrons. The van der Waals surface area contributed by atoms with Crippen LogP contribution in [0.15, 0.2) is 0 Å². The van der Waals surface area contributed by atoms with E-state index < -0.39 is 5.92 Å². The van der Waals surface area contributed by atoms with E-state index in [1.54, 1.807) is 0 Å². The Hall–Kier alpha value is -0.180. The topological polar surface area (TPSA) is 3.24 Å². The van der Waals surface area contributed by atoms with E-state index >= 15 is 0 Å². The summed E-state index contributed by atoms with van der Waals surface area (Å²) >= 11 is 0. The normalized spacial score (nSPS) is 42.8. The summed E-state index contributed by atoms with van der Waals surface area (Å²) in [6.07, 6.45) is 0.845. The molecule has 1 heterocycles. The summed E-state index contributed by atoms with van der Waals surface area (Å²) in [6.45, 7) is 1.47. The molecule has 0 aromatic carbocycles. The van der Waals surface area contributed by atoms with Gasteiger partial charge in [-0.2, -0.15) is 0 Å². The molecule has 0 amide bonds. The Morgan fingerprint density at radius 1 is 1.36 bits per heavy atom. The van der Waals surface area contributed by atoms with Gasteiger partial charge in [0, 0.05) is 25.4 Å². The van der Waals surface area contributed by atoms with Gasteiger partial charge in [-0.3, -0.25) is 0 Å². The van der Waals surface area contributed by atoms with Gasteiger partial charge in [0.05, 0.1) is 0 Å². The molecule has 0 aromatic heterocycles. The number of hydrogen-bond donors (Lipinski definition) is 0. The van der Waals surface area contributed by atoms with Crippen molar-refractivity contribution in [2.45, 2.75) is 18.8 Å². The van der Waals surface area contributed by atoms with E-state index in [1.165, 1.54) is 0 Å². The maximum Gasteiger partial charge on any atom is 0.252 e. The molecule has 1 aliphatic carbocycles. The second-order valence-corrected chi connectivity index (χ2v) is 3.89. The van der Waals surface area contributed by atoms with Crippen molar-refractivity contribution in [2.75, 3.05) is 20.1 Å². The molecule has 0 N–H and O–H groups in total. The monoisotopic (exact) mass is 161 g/mol. The van der Waals surface area contributed by atoms with E-state index in [0.717, 1.165) is 13.0 Å². The number of fused-ring (bicyclic) bond motifs is 1. The van der Waals surface area contributed by atoms with Gasteiger partial charge in [-0.05, 0) is 19.4 Å². The van der Waals surface area contributed by atoms with Gasteiger partial charge < -0.3 is 4.90 Å². The van der Waals surface area contributed by atoms with Crippen molar-refractivity contribution in [2.24, 2.45) is 11.8 Å². The molecule has 0 aromatic rings. The lowest BCUT2D eigenvalue weighted by molar-refractivity contribution is -0.0390. The molecular formula is C8H13F2N. The summed E-state index contributed by atoms with van der Waals surface area (Å²) in [7, 11) is 1.92. The molecule has 1 saturated carbocycles. The molecule has 11 heavy (non-hydrogen) atoms. The predicted molar refractivity (Wildman–Crippen MR) is 38.7 cm³/mol. The zero-order valence-corrected chi connectivity index (χ0v) is 6.69. The van der Waals surface area contributed by atoms with Crippen LogP contribution in [0.25, 0.3) is 0 Å². The molecule has 2 aliphatic rings. The second kappa shape index (κ2) is 2.16. The molecule has 2 rings (SSSR count). The average Bonchev–Trinajstić information content (AvgIpc) is 2.35. The Balaban J connectivity index is 2.13. The third-order valence-electron chi connectivity index (χ3n) is 3.01. The molecular weight excluding hydrogens is 148 g/mol. The lowest BCUT2D eigenvalue weighted by Gasteiger charge is -2.17. The quantitative estimate of drug-likeness (QED) is 0.521. The summed E-state index contributed by atoms with van der Waals surface area (Å²) in [5.74, 6) is -2.43. The number of rotatable bonds is 0. The zero-order chi connectivity index (χ0) is 8.06. The second-order valence-electron chi connectivity index (χ2n) is 3.89. The van der Waals surface area contributed by atoms with Crippen LogP contribution in [0.1, 0.15) is 12.8 Å². The maximum absolute atomic E-state index is 13.0. The van der Waals surface area contributed by atoms with Crippen molar-refractivity contribution in [1.29, 1.82) is 0 Å². The van der Waals surface area contributed by atoms with Crippen molar-refractivity contribution in [3.8, 4) is 0 Å². The van der Waals surface area contributed by atoms with Crippen LogP contribution >= 0.6 is 0 Å². The van der Waals surface area contributed by atoms with Crippen LogP contribution in [0.2, 0.25) is 0 Å². The number of likely N-dealkylation sites (tertiary alicyclic amines) is 1. The van der Waals surface area contributed by atoms with E-state index in [2.05, 4.69) is 0 Å². The first-order valence-electron chi connectivity index (χ1n) is 4.16. The zero-order valence-electron chi connectivity index (χ0n) is 6.69. The van der Waals surface area contributed by atoms with Crippen molar-refractivity contribution < 1.29 is 8.78 Å². The van der Waals surface area contributed by atoms with Crippen LogP contribution < -0.4 is 0 Å². The SMILES string of the molecule is CN1CC2CCC(F)(F)C2C1. The number of alkyl halides is 2. The van der Waals surface area contributed by atoms with Crippen molar-refractivity contribution in [3.63, 3.8) is 0 Å². The van der Waals surface area contributed by atoms with E-state index in [9.17, 15) is 8.78 Å². The maximum atomic E-state index is 13.0. The summed E-state index contributed by atoms with van der Waals surface area (Å²) in [5, 5.41) is 0. The first-order valence-corrected chi connectivity index (χ1v) is 4.16. The van der Waals surface area contributed by atoms with Crippen LogP contribution in [0.4, 0.5) is 8.78 Å². The van der Waals surface area contributed by atoms with E-state index in [0.29, 0.717) is 6.54 Å². The van der Waals surface area contributed by atoms with E-state index in [4.69, 9.17) is 0 Å². The Labute approximate surface area is 65.4 Å². The fraction of sp³-hybridized carbons (Fsp3) is 1.00. The van der Waals surface area contributed by atoms with Gasteiger partial charge in [0.1, 0.15) is 0 Å². The van der Waals surface area contributed by atoms with E-state index in [-0.39, 0.29) is 18.3 Å². The van der Waals surface area contributed by atoms with E-state index in [1.807, 2.05) is 11.9 Å². The summed E-state index contributed by atoms with van der Waals surface area (Å²) < 4.78 is 26.1. The lowest BCUT2D eigenvalue weighted by Crippen LogP contribution is -2.27. The molecule has 2 unspecified atom stereocenters. The lowest BCUT2D eigenvalue weighted by atomic mass is 9.99. The fourth-order valence-electron chi connectivity index (χ4n) is 2.42. The summed E-state index contributed by atoms with van der Waals surface area (Å²) in [4.78, 5) is 2.02. The van der Waals surface area contributed by atoms with Gasteiger partial charge in [0.25, 0.3) is 5.92 Å². The minimum Gasteiger partial charge on any atom is -0.306 e. The van der Waals surface area contributed by atoms with Crippen LogP contribution in [0.5, 0.6) is 0 Å². The Bertz CT molecular complexity index is 169. The summed E-state index contributed by atoms with van der Waals surface area (Å²) in [6, 6.07) is 0. The largest absolute Gasteiger partial charge is 0.306 e. The Kier molecular flexibility index (Phi) is 1.46. The molecule has 2 fully saturated rings. The predicted octanol–water partition coefficient (Wildman–Crippen LogP) is 1.59. The molecule has 1 nitrogen and oxygen atoms in total. The molecule has 0 bridgehead atoms. The van der Waals surface area contributed by atoms with Gasteiger partial charge in [-0.15, -0.1) is 0 Å². The third-order valence-corrected chi connectivity index (χ3v) is 3.01. The van der Waals surface area contributed by atoms with Crippen molar-refractivity contribution >= 4 is 0 Å². The minimum absolute atomic E-state index is 0.121. The molecule has 64 valence electrons. The fourth-order valence-corrected chi connectivity index (χ4v) is 2.42. The highest BCUT2D eigenvalue weighted by Crippen LogP contribution is 2.47. The first-order chi connectivity index (χ1) is 5.09. The van der Waals surface area contributed by atoms with Crippen molar-refractivity contribution in [1.82, 2.24) is 4.90 Å². The Morgan fingerprint density at radius 3 is 2.73 bits per heavy atom. The highest BCUT2D eigenvalue weighted by molar-refractivity contribution is 4.97. The number of nitrogens with zero attached hydrogens (tertiary/aromatic N) is 1. The molecule has 0 spiro atoms. The van der Waals surface area contributed by atoms with Gasteiger partial charge >= 0.3 is 0 Å².